The summed E-state index contributed by atoms with van der Waals surface area (Å²) in [5.41, 5.74) is 5.56. The summed E-state index contributed by atoms with van der Waals surface area (Å²) in [5, 5.41) is 17.8. The van der Waals surface area contributed by atoms with E-state index >= 15 is 0 Å². The Morgan fingerprint density at radius 1 is 1.24 bits per heavy atom. The molecule has 98 valence electrons. The molecule has 6 heteroatoms. The topological polar surface area (TPSA) is 77.0 Å². The number of aryl methyl sites for hydroxylation is 1. The molecule has 0 bridgehead atoms. The highest BCUT2D eigenvalue weighted by Crippen LogP contribution is 2.18. The van der Waals surface area contributed by atoms with Crippen LogP contribution in [0.5, 0.6) is 0 Å². The number of aromatic nitrogens is 3. The molecule has 5 nitrogen and oxygen atoms in total. The van der Waals surface area contributed by atoms with Crippen LogP contribution in [-0.2, 0) is 6.54 Å². The molecule has 0 atom stereocenters. The lowest BCUT2D eigenvalue weighted by molar-refractivity contribution is 0.283. The first-order chi connectivity index (χ1) is 8.29. The second-order valence-corrected chi connectivity index (χ2v) is 5.02. The summed E-state index contributed by atoms with van der Waals surface area (Å²) in [5.74, 6) is 1.98. The van der Waals surface area contributed by atoms with Gasteiger partial charge in [-0.15, -0.1) is 10.2 Å². The largest absolute Gasteiger partial charge is 0.396 e. The highest BCUT2D eigenvalue weighted by Gasteiger charge is 2.07. The molecular formula is C11H22N4OS. The molecule has 0 aliphatic carbocycles. The normalized spacial score (nSPS) is 11.0. The first kappa shape index (κ1) is 14.5. The van der Waals surface area contributed by atoms with E-state index in [-0.39, 0.29) is 0 Å². The monoisotopic (exact) mass is 258 g/mol. The van der Waals surface area contributed by atoms with E-state index in [0.717, 1.165) is 49.0 Å². The number of unbranched alkanes of at least 4 members (excludes halogenated alkanes) is 3. The van der Waals surface area contributed by atoms with Crippen molar-refractivity contribution in [2.75, 3.05) is 18.9 Å². The maximum atomic E-state index is 8.66. The lowest BCUT2D eigenvalue weighted by atomic mass is 10.2. The maximum absolute atomic E-state index is 8.66. The Morgan fingerprint density at radius 2 is 2.00 bits per heavy atom. The van der Waals surface area contributed by atoms with E-state index < -0.39 is 0 Å². The third-order valence-corrected chi connectivity index (χ3v) is 3.59. The molecule has 1 aromatic rings. The molecule has 0 spiro atoms. The molecule has 1 aromatic heterocycles. The summed E-state index contributed by atoms with van der Waals surface area (Å²) < 4.78 is 2.07. The van der Waals surface area contributed by atoms with Crippen LogP contribution in [0.4, 0.5) is 0 Å². The van der Waals surface area contributed by atoms with Crippen molar-refractivity contribution in [1.82, 2.24) is 14.8 Å². The second-order valence-electron chi connectivity index (χ2n) is 3.96. The van der Waals surface area contributed by atoms with Crippen molar-refractivity contribution in [3.8, 4) is 0 Å². The average Bonchev–Trinajstić information content (AvgIpc) is 2.66. The van der Waals surface area contributed by atoms with Gasteiger partial charge in [0.1, 0.15) is 5.82 Å². The SMILES string of the molecule is Cc1nnc(SCCCCCCO)n1CCN. The highest BCUT2D eigenvalue weighted by atomic mass is 32.2. The van der Waals surface area contributed by atoms with Crippen LogP contribution in [0.25, 0.3) is 0 Å². The fraction of sp³-hybridized carbons (Fsp3) is 0.818. The summed E-state index contributed by atoms with van der Waals surface area (Å²) in [6.45, 7) is 3.65. The van der Waals surface area contributed by atoms with Gasteiger partial charge in [0.05, 0.1) is 0 Å². The van der Waals surface area contributed by atoms with Gasteiger partial charge in [0.25, 0.3) is 0 Å². The number of aliphatic hydroxyl groups excluding tert-OH is 1. The van der Waals surface area contributed by atoms with Gasteiger partial charge in [0.15, 0.2) is 5.16 Å². The maximum Gasteiger partial charge on any atom is 0.191 e. The van der Waals surface area contributed by atoms with Crippen molar-refractivity contribution in [2.24, 2.45) is 5.73 Å². The van der Waals surface area contributed by atoms with Gasteiger partial charge in [-0.25, -0.2) is 0 Å². The molecule has 0 saturated carbocycles. The van der Waals surface area contributed by atoms with Gasteiger partial charge < -0.3 is 15.4 Å². The average molecular weight is 258 g/mol. The molecule has 0 saturated heterocycles. The number of thioether (sulfide) groups is 1. The molecule has 1 rings (SSSR count). The third-order valence-electron chi connectivity index (χ3n) is 2.54. The van der Waals surface area contributed by atoms with Gasteiger partial charge in [0.2, 0.25) is 0 Å². The van der Waals surface area contributed by atoms with Crippen LogP contribution in [0.2, 0.25) is 0 Å². The zero-order valence-corrected chi connectivity index (χ0v) is 11.2. The molecule has 17 heavy (non-hydrogen) atoms. The predicted molar refractivity (Wildman–Crippen MR) is 70.1 cm³/mol. The molecule has 0 radical (unpaired) electrons. The summed E-state index contributed by atoms with van der Waals surface area (Å²) in [4.78, 5) is 0. The van der Waals surface area contributed by atoms with Gasteiger partial charge in [-0.1, -0.05) is 24.6 Å². The van der Waals surface area contributed by atoms with Crippen molar-refractivity contribution < 1.29 is 5.11 Å². The number of nitrogens with zero attached hydrogens (tertiary/aromatic N) is 3. The van der Waals surface area contributed by atoms with Crippen LogP contribution < -0.4 is 5.73 Å². The predicted octanol–water partition coefficient (Wildman–Crippen LogP) is 1.19. The number of hydrogen-bond donors (Lipinski definition) is 2. The van der Waals surface area contributed by atoms with E-state index in [1.165, 1.54) is 0 Å². The molecule has 3 N–H and O–H groups in total. The molecule has 1 heterocycles. The van der Waals surface area contributed by atoms with Crippen LogP contribution in [0.15, 0.2) is 5.16 Å². The minimum absolute atomic E-state index is 0.303. The first-order valence-corrected chi connectivity index (χ1v) is 7.11. The Morgan fingerprint density at radius 3 is 2.71 bits per heavy atom. The smallest absolute Gasteiger partial charge is 0.191 e. The number of rotatable bonds is 9. The summed E-state index contributed by atoms with van der Waals surface area (Å²) >= 11 is 1.74. The van der Waals surface area contributed by atoms with Crippen molar-refractivity contribution in [2.45, 2.75) is 44.3 Å². The molecule has 0 aromatic carbocycles. The fourth-order valence-corrected chi connectivity index (χ4v) is 2.59. The molecule has 0 amide bonds. The van der Waals surface area contributed by atoms with E-state index in [4.69, 9.17) is 10.8 Å². The zero-order chi connectivity index (χ0) is 12.5. The van der Waals surface area contributed by atoms with Crippen molar-refractivity contribution in [3.63, 3.8) is 0 Å². The van der Waals surface area contributed by atoms with Crippen molar-refractivity contribution in [3.05, 3.63) is 5.82 Å². The van der Waals surface area contributed by atoms with Gasteiger partial charge in [-0.05, 0) is 19.8 Å². The molecular weight excluding hydrogens is 236 g/mol. The van der Waals surface area contributed by atoms with Crippen LogP contribution in [0.3, 0.4) is 0 Å². The molecule has 0 unspecified atom stereocenters. The number of aliphatic hydroxyl groups is 1. The minimum atomic E-state index is 0.303. The van der Waals surface area contributed by atoms with Crippen LogP contribution >= 0.6 is 11.8 Å². The van der Waals surface area contributed by atoms with Gasteiger partial charge in [-0.2, -0.15) is 0 Å². The van der Waals surface area contributed by atoms with Gasteiger partial charge in [-0.3, -0.25) is 0 Å². The zero-order valence-electron chi connectivity index (χ0n) is 10.4. The van der Waals surface area contributed by atoms with Crippen LogP contribution in [0, 0.1) is 6.92 Å². The quantitative estimate of drug-likeness (QED) is 0.514. The summed E-state index contributed by atoms with van der Waals surface area (Å²) in [7, 11) is 0. The van der Waals surface area contributed by atoms with Gasteiger partial charge in [0, 0.05) is 25.4 Å². The second kappa shape index (κ2) is 8.49. The van der Waals surface area contributed by atoms with E-state index in [0.29, 0.717) is 13.2 Å². The van der Waals surface area contributed by atoms with E-state index in [9.17, 15) is 0 Å². The van der Waals surface area contributed by atoms with E-state index in [1.54, 1.807) is 11.8 Å². The first-order valence-electron chi connectivity index (χ1n) is 6.13. The van der Waals surface area contributed by atoms with E-state index in [2.05, 4.69) is 14.8 Å². The Labute approximate surface area is 107 Å². The van der Waals surface area contributed by atoms with Gasteiger partial charge >= 0.3 is 0 Å². The standard InChI is InChI=1S/C11H22N4OS/c1-10-13-14-11(15(10)7-6-12)17-9-5-3-2-4-8-16/h16H,2-9,12H2,1H3. The molecule has 0 aliphatic rings. The van der Waals surface area contributed by atoms with Crippen LogP contribution in [0.1, 0.15) is 31.5 Å². The fourth-order valence-electron chi connectivity index (χ4n) is 1.59. The Kier molecular flexibility index (Phi) is 7.23. The summed E-state index contributed by atoms with van der Waals surface area (Å²) in [6.07, 6.45) is 4.33. The number of nitrogens with two attached hydrogens (primary N) is 1. The third kappa shape index (κ3) is 5.06. The van der Waals surface area contributed by atoms with Crippen molar-refractivity contribution >= 4 is 11.8 Å². The van der Waals surface area contributed by atoms with Crippen molar-refractivity contribution in [1.29, 1.82) is 0 Å². The number of hydrogen-bond acceptors (Lipinski definition) is 5. The lowest BCUT2D eigenvalue weighted by Crippen LogP contribution is -2.12. The van der Waals surface area contributed by atoms with E-state index in [1.807, 2.05) is 6.92 Å². The minimum Gasteiger partial charge on any atom is -0.396 e. The molecule has 0 fully saturated rings. The Hall–Kier alpha value is -0.590. The Bertz CT molecular complexity index is 316. The summed E-state index contributed by atoms with van der Waals surface area (Å²) in [6, 6.07) is 0. The lowest BCUT2D eigenvalue weighted by Gasteiger charge is -2.06. The molecule has 0 aliphatic heterocycles. The Balaban J connectivity index is 2.26. The van der Waals surface area contributed by atoms with Crippen LogP contribution in [-0.4, -0.2) is 38.8 Å². The highest BCUT2D eigenvalue weighted by molar-refractivity contribution is 7.99.